The summed E-state index contributed by atoms with van der Waals surface area (Å²) in [6.45, 7) is 2.40. The van der Waals surface area contributed by atoms with Gasteiger partial charge in [-0.15, -0.1) is 0 Å². The Morgan fingerprint density at radius 2 is 2.11 bits per heavy atom. The third kappa shape index (κ3) is 3.35. The fourth-order valence-corrected chi connectivity index (χ4v) is 3.08. The molecule has 0 unspecified atom stereocenters. The standard InChI is InChI=1S/C15H19BrFNO/c1-11-10-12(6-7-14(11)17)15(19)18(9-8-16)13-4-2-3-5-13/h6-7,10,13H,2-5,8-9H2,1H3. The highest BCUT2D eigenvalue weighted by Gasteiger charge is 2.27. The Balaban J connectivity index is 2.20. The lowest BCUT2D eigenvalue weighted by Crippen LogP contribution is -2.40. The topological polar surface area (TPSA) is 20.3 Å². The molecule has 0 saturated heterocycles. The molecule has 0 aromatic heterocycles. The summed E-state index contributed by atoms with van der Waals surface area (Å²) in [7, 11) is 0. The zero-order valence-electron chi connectivity index (χ0n) is 11.2. The number of benzene rings is 1. The molecule has 1 aromatic rings. The van der Waals surface area contributed by atoms with Crippen LogP contribution in [-0.2, 0) is 0 Å². The molecule has 4 heteroatoms. The number of aryl methyl sites for hydroxylation is 1. The molecule has 2 rings (SSSR count). The van der Waals surface area contributed by atoms with E-state index in [0.717, 1.165) is 18.2 Å². The summed E-state index contributed by atoms with van der Waals surface area (Å²) in [5, 5.41) is 0.773. The number of rotatable bonds is 4. The summed E-state index contributed by atoms with van der Waals surface area (Å²) in [5.74, 6) is -0.237. The second-order valence-corrected chi connectivity index (χ2v) is 5.88. The van der Waals surface area contributed by atoms with Gasteiger partial charge in [-0.25, -0.2) is 4.39 Å². The van der Waals surface area contributed by atoms with Gasteiger partial charge < -0.3 is 4.90 Å². The van der Waals surface area contributed by atoms with E-state index in [1.807, 2.05) is 4.90 Å². The van der Waals surface area contributed by atoms with E-state index in [9.17, 15) is 9.18 Å². The maximum Gasteiger partial charge on any atom is 0.254 e. The Bertz CT molecular complexity index is 457. The highest BCUT2D eigenvalue weighted by Crippen LogP contribution is 2.25. The summed E-state index contributed by atoms with van der Waals surface area (Å²) in [6.07, 6.45) is 4.55. The third-order valence-electron chi connectivity index (χ3n) is 3.76. The lowest BCUT2D eigenvalue weighted by atomic mass is 10.1. The van der Waals surface area contributed by atoms with Crippen LogP contribution in [0.3, 0.4) is 0 Å². The molecular formula is C15H19BrFNO. The third-order valence-corrected chi connectivity index (χ3v) is 4.11. The summed E-state index contributed by atoms with van der Waals surface area (Å²) < 4.78 is 13.3. The second kappa shape index (κ2) is 6.51. The van der Waals surface area contributed by atoms with E-state index in [4.69, 9.17) is 0 Å². The number of hydrogen-bond acceptors (Lipinski definition) is 1. The van der Waals surface area contributed by atoms with Crippen molar-refractivity contribution in [2.45, 2.75) is 38.6 Å². The Morgan fingerprint density at radius 1 is 1.42 bits per heavy atom. The SMILES string of the molecule is Cc1cc(C(=O)N(CCBr)C2CCCC2)ccc1F. The van der Waals surface area contributed by atoms with E-state index in [2.05, 4.69) is 15.9 Å². The van der Waals surface area contributed by atoms with Crippen molar-refractivity contribution in [3.63, 3.8) is 0 Å². The smallest absolute Gasteiger partial charge is 0.254 e. The highest BCUT2D eigenvalue weighted by atomic mass is 79.9. The largest absolute Gasteiger partial charge is 0.335 e. The van der Waals surface area contributed by atoms with E-state index in [0.29, 0.717) is 23.7 Å². The number of amides is 1. The van der Waals surface area contributed by atoms with Crippen molar-refractivity contribution in [3.8, 4) is 0 Å². The quantitative estimate of drug-likeness (QED) is 0.768. The van der Waals surface area contributed by atoms with Crippen molar-refractivity contribution in [3.05, 3.63) is 35.1 Å². The first-order valence-electron chi connectivity index (χ1n) is 6.76. The predicted octanol–water partition coefficient (Wildman–Crippen LogP) is 3.91. The van der Waals surface area contributed by atoms with Crippen LogP contribution >= 0.6 is 15.9 Å². The first kappa shape index (κ1) is 14.5. The lowest BCUT2D eigenvalue weighted by molar-refractivity contribution is 0.0696. The van der Waals surface area contributed by atoms with Crippen LogP contribution in [0.1, 0.15) is 41.6 Å². The fourth-order valence-electron chi connectivity index (χ4n) is 2.70. The van der Waals surface area contributed by atoms with Gasteiger partial charge >= 0.3 is 0 Å². The van der Waals surface area contributed by atoms with Crippen molar-refractivity contribution >= 4 is 21.8 Å². The van der Waals surface area contributed by atoms with Gasteiger partial charge in [0.25, 0.3) is 5.91 Å². The van der Waals surface area contributed by atoms with Crippen LogP contribution in [0, 0.1) is 12.7 Å². The molecule has 1 amide bonds. The van der Waals surface area contributed by atoms with Crippen LogP contribution in [0.25, 0.3) is 0 Å². The average Bonchev–Trinajstić information content (AvgIpc) is 2.92. The molecule has 1 aromatic carbocycles. The first-order chi connectivity index (χ1) is 9.13. The monoisotopic (exact) mass is 327 g/mol. The van der Waals surface area contributed by atoms with Gasteiger partial charge in [0.2, 0.25) is 0 Å². The van der Waals surface area contributed by atoms with Crippen molar-refractivity contribution in [1.82, 2.24) is 4.90 Å². The molecule has 1 saturated carbocycles. The van der Waals surface area contributed by atoms with Gasteiger partial charge in [0.05, 0.1) is 0 Å². The molecular weight excluding hydrogens is 309 g/mol. The molecule has 2 nitrogen and oxygen atoms in total. The van der Waals surface area contributed by atoms with Crippen LogP contribution in [0.15, 0.2) is 18.2 Å². The van der Waals surface area contributed by atoms with Crippen LogP contribution in [-0.4, -0.2) is 28.7 Å². The zero-order valence-corrected chi connectivity index (χ0v) is 12.7. The molecule has 0 atom stereocenters. The summed E-state index contributed by atoms with van der Waals surface area (Å²) in [5.41, 5.74) is 1.11. The Morgan fingerprint density at radius 3 is 2.68 bits per heavy atom. The second-order valence-electron chi connectivity index (χ2n) is 5.09. The van der Waals surface area contributed by atoms with E-state index in [-0.39, 0.29) is 11.7 Å². The first-order valence-corrected chi connectivity index (χ1v) is 7.88. The van der Waals surface area contributed by atoms with Crippen LogP contribution < -0.4 is 0 Å². The van der Waals surface area contributed by atoms with Gasteiger partial charge in [-0.1, -0.05) is 28.8 Å². The van der Waals surface area contributed by atoms with Gasteiger partial charge in [-0.3, -0.25) is 4.79 Å². The average molecular weight is 328 g/mol. The van der Waals surface area contributed by atoms with Crippen LogP contribution in [0.2, 0.25) is 0 Å². The Kier molecular flexibility index (Phi) is 4.97. The van der Waals surface area contributed by atoms with Crippen LogP contribution in [0.4, 0.5) is 4.39 Å². The normalized spacial score (nSPS) is 15.7. The number of carbonyl (C=O) groups is 1. The number of nitrogens with zero attached hydrogens (tertiary/aromatic N) is 1. The highest BCUT2D eigenvalue weighted by molar-refractivity contribution is 9.09. The minimum atomic E-state index is -0.260. The maximum atomic E-state index is 13.3. The Hall–Kier alpha value is -0.900. The molecule has 19 heavy (non-hydrogen) atoms. The molecule has 1 aliphatic rings. The number of halogens is 2. The fraction of sp³-hybridized carbons (Fsp3) is 0.533. The zero-order chi connectivity index (χ0) is 13.8. The van der Waals surface area contributed by atoms with E-state index in [1.54, 1.807) is 19.1 Å². The Labute approximate surface area is 122 Å². The molecule has 1 fully saturated rings. The molecule has 0 radical (unpaired) electrons. The molecule has 104 valence electrons. The minimum Gasteiger partial charge on any atom is -0.335 e. The van der Waals surface area contributed by atoms with E-state index < -0.39 is 0 Å². The van der Waals surface area contributed by atoms with Gasteiger partial charge in [0.15, 0.2) is 0 Å². The summed E-state index contributed by atoms with van der Waals surface area (Å²) in [4.78, 5) is 14.5. The van der Waals surface area contributed by atoms with Gasteiger partial charge in [-0.2, -0.15) is 0 Å². The van der Waals surface area contributed by atoms with Gasteiger partial charge in [-0.05, 0) is 43.5 Å². The van der Waals surface area contributed by atoms with Crippen molar-refractivity contribution in [2.24, 2.45) is 0 Å². The minimum absolute atomic E-state index is 0.0226. The maximum absolute atomic E-state index is 13.3. The molecule has 0 heterocycles. The molecule has 1 aliphatic carbocycles. The summed E-state index contributed by atoms with van der Waals surface area (Å²) in [6, 6.07) is 4.95. The number of hydrogen-bond donors (Lipinski definition) is 0. The van der Waals surface area contributed by atoms with Gasteiger partial charge in [0.1, 0.15) is 5.82 Å². The summed E-state index contributed by atoms with van der Waals surface area (Å²) >= 11 is 3.41. The van der Waals surface area contributed by atoms with Crippen molar-refractivity contribution in [2.75, 3.05) is 11.9 Å². The molecule has 0 spiro atoms. The molecule has 0 N–H and O–H groups in total. The van der Waals surface area contributed by atoms with Crippen molar-refractivity contribution in [1.29, 1.82) is 0 Å². The lowest BCUT2D eigenvalue weighted by Gasteiger charge is -2.28. The molecule has 0 bridgehead atoms. The van der Waals surface area contributed by atoms with Crippen LogP contribution in [0.5, 0.6) is 0 Å². The van der Waals surface area contributed by atoms with Crippen molar-refractivity contribution < 1.29 is 9.18 Å². The molecule has 0 aliphatic heterocycles. The van der Waals surface area contributed by atoms with E-state index >= 15 is 0 Å². The van der Waals surface area contributed by atoms with E-state index in [1.165, 1.54) is 18.9 Å². The number of alkyl halides is 1. The predicted molar refractivity (Wildman–Crippen MR) is 78.2 cm³/mol. The number of carbonyl (C=O) groups excluding carboxylic acids is 1. The van der Waals surface area contributed by atoms with Gasteiger partial charge in [0, 0.05) is 23.5 Å².